The number of hydrogen-bond acceptors (Lipinski definition) is 4. The summed E-state index contributed by atoms with van der Waals surface area (Å²) < 4.78 is 5.77. The molecule has 0 spiro atoms. The SMILES string of the molecule is CNC(=O)C1CCC(NC(=O)CCc2ncc(-c3ccc(C)cc3)o2)CC1. The fourth-order valence-corrected chi connectivity index (χ4v) is 3.50. The minimum absolute atomic E-state index is 0.00785. The first kappa shape index (κ1) is 19.1. The summed E-state index contributed by atoms with van der Waals surface area (Å²) in [4.78, 5) is 28.2. The lowest BCUT2D eigenvalue weighted by Gasteiger charge is -2.28. The highest BCUT2D eigenvalue weighted by molar-refractivity contribution is 5.78. The van der Waals surface area contributed by atoms with Gasteiger partial charge in [0.1, 0.15) is 0 Å². The van der Waals surface area contributed by atoms with E-state index in [2.05, 4.69) is 15.6 Å². The molecule has 6 heteroatoms. The molecule has 1 aromatic carbocycles. The zero-order chi connectivity index (χ0) is 19.2. The average Bonchev–Trinajstić information content (AvgIpc) is 3.16. The van der Waals surface area contributed by atoms with Crippen LogP contribution in [-0.4, -0.2) is 29.9 Å². The second-order valence-electron chi connectivity index (χ2n) is 7.21. The van der Waals surface area contributed by atoms with E-state index in [1.54, 1.807) is 13.2 Å². The Morgan fingerprint density at radius 3 is 2.52 bits per heavy atom. The van der Waals surface area contributed by atoms with E-state index in [-0.39, 0.29) is 23.8 Å². The van der Waals surface area contributed by atoms with Gasteiger partial charge in [0.05, 0.1) is 6.20 Å². The van der Waals surface area contributed by atoms with Crippen LogP contribution < -0.4 is 10.6 Å². The van der Waals surface area contributed by atoms with Crippen molar-refractivity contribution in [2.75, 3.05) is 7.05 Å². The van der Waals surface area contributed by atoms with Gasteiger partial charge in [-0.3, -0.25) is 9.59 Å². The smallest absolute Gasteiger partial charge is 0.222 e. The summed E-state index contributed by atoms with van der Waals surface area (Å²) in [6, 6.07) is 8.22. The fourth-order valence-electron chi connectivity index (χ4n) is 3.50. The van der Waals surface area contributed by atoms with Gasteiger partial charge in [0, 0.05) is 37.4 Å². The molecule has 1 fully saturated rings. The molecule has 1 heterocycles. The van der Waals surface area contributed by atoms with E-state index in [4.69, 9.17) is 4.42 Å². The summed E-state index contributed by atoms with van der Waals surface area (Å²) >= 11 is 0. The van der Waals surface area contributed by atoms with Gasteiger partial charge in [-0.1, -0.05) is 29.8 Å². The van der Waals surface area contributed by atoms with E-state index < -0.39 is 0 Å². The first-order chi connectivity index (χ1) is 13.0. The molecular weight excluding hydrogens is 342 g/mol. The number of amides is 2. The standard InChI is InChI=1S/C21H27N3O3/c1-14-3-5-15(6-4-14)18-13-23-20(27-18)12-11-19(25)24-17-9-7-16(8-10-17)21(26)22-2/h3-6,13,16-17H,7-12H2,1-2H3,(H,22,26)(H,24,25). The molecule has 2 amide bonds. The largest absolute Gasteiger partial charge is 0.441 e. The Hall–Kier alpha value is -2.63. The molecule has 1 aromatic heterocycles. The van der Waals surface area contributed by atoms with Crippen molar-refractivity contribution in [1.82, 2.24) is 15.6 Å². The maximum atomic E-state index is 12.2. The summed E-state index contributed by atoms with van der Waals surface area (Å²) in [7, 11) is 1.67. The molecule has 6 nitrogen and oxygen atoms in total. The van der Waals surface area contributed by atoms with Gasteiger partial charge in [-0.05, 0) is 32.6 Å². The van der Waals surface area contributed by atoms with E-state index in [9.17, 15) is 9.59 Å². The number of nitrogens with zero attached hydrogens (tertiary/aromatic N) is 1. The lowest BCUT2D eigenvalue weighted by atomic mass is 9.85. The highest BCUT2D eigenvalue weighted by Gasteiger charge is 2.26. The summed E-state index contributed by atoms with van der Waals surface area (Å²) in [6.45, 7) is 2.04. The van der Waals surface area contributed by atoms with Crippen LogP contribution in [0.3, 0.4) is 0 Å². The van der Waals surface area contributed by atoms with E-state index in [1.807, 2.05) is 31.2 Å². The summed E-state index contributed by atoms with van der Waals surface area (Å²) in [6.07, 6.45) is 5.88. The molecule has 2 aromatic rings. The van der Waals surface area contributed by atoms with Gasteiger partial charge < -0.3 is 15.1 Å². The Morgan fingerprint density at radius 2 is 1.85 bits per heavy atom. The Morgan fingerprint density at radius 1 is 1.15 bits per heavy atom. The van der Waals surface area contributed by atoms with E-state index in [1.165, 1.54) is 5.56 Å². The predicted octanol–water partition coefficient (Wildman–Crippen LogP) is 3.00. The highest BCUT2D eigenvalue weighted by atomic mass is 16.4. The van der Waals surface area contributed by atoms with E-state index in [0.717, 1.165) is 37.0 Å². The van der Waals surface area contributed by atoms with E-state index >= 15 is 0 Å². The third-order valence-electron chi connectivity index (χ3n) is 5.17. The van der Waals surface area contributed by atoms with Crippen LogP contribution in [-0.2, 0) is 16.0 Å². The van der Waals surface area contributed by atoms with Crippen molar-refractivity contribution >= 4 is 11.8 Å². The molecule has 0 aliphatic heterocycles. The molecule has 144 valence electrons. The second-order valence-corrected chi connectivity index (χ2v) is 7.21. The van der Waals surface area contributed by atoms with Crippen molar-refractivity contribution in [3.05, 3.63) is 41.9 Å². The number of rotatable bonds is 6. The van der Waals surface area contributed by atoms with Gasteiger partial charge in [0.2, 0.25) is 11.8 Å². The van der Waals surface area contributed by atoms with Gasteiger partial charge in [0.25, 0.3) is 0 Å². The monoisotopic (exact) mass is 369 g/mol. The van der Waals surface area contributed by atoms with Crippen LogP contribution in [0.4, 0.5) is 0 Å². The van der Waals surface area contributed by atoms with Crippen LogP contribution in [0.15, 0.2) is 34.9 Å². The minimum Gasteiger partial charge on any atom is -0.441 e. The maximum absolute atomic E-state index is 12.2. The van der Waals surface area contributed by atoms with Crippen LogP contribution in [0.1, 0.15) is 43.6 Å². The first-order valence-corrected chi connectivity index (χ1v) is 9.58. The van der Waals surface area contributed by atoms with Crippen molar-refractivity contribution in [2.45, 2.75) is 51.5 Å². The molecule has 0 saturated heterocycles. The first-order valence-electron chi connectivity index (χ1n) is 9.58. The van der Waals surface area contributed by atoms with Gasteiger partial charge in [-0.25, -0.2) is 4.98 Å². The molecule has 1 aliphatic rings. The number of aromatic nitrogens is 1. The third kappa shape index (κ3) is 5.18. The number of carbonyl (C=O) groups excluding carboxylic acids is 2. The molecule has 2 N–H and O–H groups in total. The number of aryl methyl sites for hydroxylation is 2. The molecule has 0 atom stereocenters. The Bertz CT molecular complexity index is 774. The zero-order valence-corrected chi connectivity index (χ0v) is 16.0. The summed E-state index contributed by atoms with van der Waals surface area (Å²) in [5.41, 5.74) is 2.18. The molecule has 27 heavy (non-hydrogen) atoms. The fraction of sp³-hybridized carbons (Fsp3) is 0.476. The number of oxazole rings is 1. The predicted molar refractivity (Wildman–Crippen MR) is 103 cm³/mol. The van der Waals surface area contributed by atoms with Gasteiger partial charge in [0.15, 0.2) is 11.7 Å². The van der Waals surface area contributed by atoms with Crippen LogP contribution in [0.2, 0.25) is 0 Å². The highest BCUT2D eigenvalue weighted by Crippen LogP contribution is 2.25. The van der Waals surface area contributed by atoms with Crippen LogP contribution in [0, 0.1) is 12.8 Å². The molecule has 0 radical (unpaired) electrons. The number of carbonyl (C=O) groups is 2. The van der Waals surface area contributed by atoms with Gasteiger partial charge in [-0.15, -0.1) is 0 Å². The minimum atomic E-state index is 0.00785. The van der Waals surface area contributed by atoms with Crippen molar-refractivity contribution in [3.63, 3.8) is 0 Å². The van der Waals surface area contributed by atoms with Crippen molar-refractivity contribution < 1.29 is 14.0 Å². The van der Waals surface area contributed by atoms with Crippen molar-refractivity contribution in [2.24, 2.45) is 5.92 Å². The van der Waals surface area contributed by atoms with Crippen molar-refractivity contribution in [1.29, 1.82) is 0 Å². The van der Waals surface area contributed by atoms with E-state index in [0.29, 0.717) is 18.7 Å². The molecular formula is C21H27N3O3. The summed E-state index contributed by atoms with van der Waals surface area (Å²) in [5, 5.41) is 5.77. The van der Waals surface area contributed by atoms with Crippen LogP contribution in [0.25, 0.3) is 11.3 Å². The number of hydrogen-bond donors (Lipinski definition) is 2. The molecule has 3 rings (SSSR count). The van der Waals surface area contributed by atoms with Crippen molar-refractivity contribution in [3.8, 4) is 11.3 Å². The normalized spacial score (nSPS) is 19.5. The second kappa shape index (κ2) is 8.84. The van der Waals surface area contributed by atoms with Gasteiger partial charge >= 0.3 is 0 Å². The van der Waals surface area contributed by atoms with Gasteiger partial charge in [-0.2, -0.15) is 0 Å². The molecule has 0 bridgehead atoms. The third-order valence-corrected chi connectivity index (χ3v) is 5.17. The van der Waals surface area contributed by atoms with Crippen LogP contribution in [0.5, 0.6) is 0 Å². The lowest BCUT2D eigenvalue weighted by molar-refractivity contribution is -0.125. The maximum Gasteiger partial charge on any atom is 0.222 e. The number of benzene rings is 1. The molecule has 1 saturated carbocycles. The molecule has 1 aliphatic carbocycles. The summed E-state index contributed by atoms with van der Waals surface area (Å²) in [5.74, 6) is 1.49. The Kier molecular flexibility index (Phi) is 6.27. The zero-order valence-electron chi connectivity index (χ0n) is 16.0. The lowest BCUT2D eigenvalue weighted by Crippen LogP contribution is -2.40. The van der Waals surface area contributed by atoms with Crippen LogP contribution >= 0.6 is 0 Å². The topological polar surface area (TPSA) is 84.2 Å². The average molecular weight is 369 g/mol. The quantitative estimate of drug-likeness (QED) is 0.820. The number of nitrogens with one attached hydrogen (secondary N) is 2. The molecule has 0 unspecified atom stereocenters. The Labute approximate surface area is 159 Å². The Balaban J connectivity index is 1.43.